The van der Waals surface area contributed by atoms with Crippen LogP contribution in [-0.2, 0) is 6.18 Å². The van der Waals surface area contributed by atoms with Crippen molar-refractivity contribution in [3.63, 3.8) is 0 Å². The quantitative estimate of drug-likeness (QED) is 0.614. The first-order valence-electron chi connectivity index (χ1n) is 5.37. The van der Waals surface area contributed by atoms with E-state index in [1.54, 1.807) is 19.2 Å². The Morgan fingerprint density at radius 3 is 2.58 bits per heavy atom. The Hall–Kier alpha value is -1.58. The summed E-state index contributed by atoms with van der Waals surface area (Å²) >= 11 is 2.23. The van der Waals surface area contributed by atoms with Crippen LogP contribution in [0.4, 0.5) is 18.9 Å². The number of imidazole rings is 1. The fraction of sp³-hybridized carbons (Fsp3) is 0.167. The van der Waals surface area contributed by atoms with Crippen LogP contribution in [0.3, 0.4) is 0 Å². The summed E-state index contributed by atoms with van der Waals surface area (Å²) in [6.45, 7) is 1.77. The van der Waals surface area contributed by atoms with Crippen molar-refractivity contribution in [2.45, 2.75) is 13.1 Å². The second kappa shape index (κ2) is 5.19. The molecule has 0 aliphatic rings. The normalized spacial score (nSPS) is 12.2. The van der Waals surface area contributed by atoms with Gasteiger partial charge in [-0.3, -0.25) is 4.99 Å². The third kappa shape index (κ3) is 3.25. The molecule has 0 spiro atoms. The van der Waals surface area contributed by atoms with Gasteiger partial charge in [0.1, 0.15) is 0 Å². The van der Waals surface area contributed by atoms with E-state index in [0.717, 1.165) is 17.8 Å². The highest BCUT2D eigenvalue weighted by atomic mass is 27.0. The van der Waals surface area contributed by atoms with Gasteiger partial charge >= 0.3 is 6.18 Å². The summed E-state index contributed by atoms with van der Waals surface area (Å²) in [4.78, 5) is 7.88. The number of halogens is 3. The maximum atomic E-state index is 12.8. The molecule has 2 radical (unpaired) electrons. The molecule has 0 bridgehead atoms. The van der Waals surface area contributed by atoms with Gasteiger partial charge in [-0.25, -0.2) is 4.98 Å². The van der Waals surface area contributed by atoms with Gasteiger partial charge in [-0.15, -0.1) is 0 Å². The molecule has 0 saturated carbocycles. The number of hydrogen-bond donors (Lipinski definition) is 0. The molecule has 0 amide bonds. The zero-order chi connectivity index (χ0) is 14.0. The number of aliphatic imine (C=N–C) groups is 1. The molecule has 1 aromatic carbocycles. The second-order valence-electron chi connectivity index (χ2n) is 3.94. The maximum Gasteiger partial charge on any atom is 0.416 e. The number of aryl methyl sites for hydroxylation is 1. The number of nitrogens with zero attached hydrogens (tertiary/aromatic N) is 3. The van der Waals surface area contributed by atoms with Crippen LogP contribution in [-0.4, -0.2) is 30.9 Å². The molecule has 0 aliphatic heterocycles. The van der Waals surface area contributed by atoms with E-state index in [0.29, 0.717) is 5.69 Å². The lowest BCUT2D eigenvalue weighted by Gasteiger charge is -2.11. The minimum atomic E-state index is -4.41. The summed E-state index contributed by atoms with van der Waals surface area (Å²) in [7, 11) is 0. The molecule has 3 nitrogen and oxygen atoms in total. The van der Waals surface area contributed by atoms with Crippen molar-refractivity contribution in [3.8, 4) is 5.69 Å². The zero-order valence-electron chi connectivity index (χ0n) is 10.0. The molecule has 0 unspecified atom stereocenters. The Bertz CT molecular complexity index is 617. The van der Waals surface area contributed by atoms with Crippen molar-refractivity contribution in [1.29, 1.82) is 0 Å². The summed E-state index contributed by atoms with van der Waals surface area (Å²) in [5, 5.41) is 1.37. The largest absolute Gasteiger partial charge is 0.416 e. The Morgan fingerprint density at radius 2 is 2.05 bits per heavy atom. The molecule has 19 heavy (non-hydrogen) atoms. The summed E-state index contributed by atoms with van der Waals surface area (Å²) in [5.41, 5.74) is 0.614. The molecule has 2 rings (SSSR count). The van der Waals surface area contributed by atoms with Crippen molar-refractivity contribution >= 4 is 27.1 Å². The van der Waals surface area contributed by atoms with Crippen LogP contribution in [0.25, 0.3) is 5.69 Å². The van der Waals surface area contributed by atoms with E-state index in [4.69, 9.17) is 0 Å². The summed E-state index contributed by atoms with van der Waals surface area (Å²) in [5.74, 6) is 0. The molecule has 0 N–H and O–H groups in total. The molecule has 0 saturated heterocycles. The van der Waals surface area contributed by atoms with E-state index >= 15 is 0 Å². The molecule has 96 valence electrons. The first kappa shape index (κ1) is 13.8. The minimum Gasteiger partial charge on any atom is -0.306 e. The summed E-state index contributed by atoms with van der Waals surface area (Å²) in [6, 6.07) is 3.65. The van der Waals surface area contributed by atoms with Crippen LogP contribution < -0.4 is 0 Å². The summed E-state index contributed by atoms with van der Waals surface area (Å²) in [6.07, 6.45) is -1.28. The summed E-state index contributed by atoms with van der Waals surface area (Å²) < 4.78 is 40.0. The number of benzene rings is 1. The zero-order valence-corrected chi connectivity index (χ0v) is 11.2. The lowest BCUT2D eigenvalue weighted by Crippen LogP contribution is -2.06. The van der Waals surface area contributed by atoms with Crippen molar-refractivity contribution in [2.75, 3.05) is 0 Å². The van der Waals surface area contributed by atoms with Crippen LogP contribution in [0.5, 0.6) is 0 Å². The van der Waals surface area contributed by atoms with Gasteiger partial charge in [0, 0.05) is 11.9 Å². The minimum absolute atomic E-state index is 0.242. The Balaban J connectivity index is 2.57. The Labute approximate surface area is 116 Å². The number of alkyl halides is 3. The molecular formula is C12H9AlF3N3. The van der Waals surface area contributed by atoms with Gasteiger partial charge < -0.3 is 4.57 Å². The van der Waals surface area contributed by atoms with Gasteiger partial charge in [0.2, 0.25) is 0 Å². The SMILES string of the molecule is Cc1cn(-c2cc(N=[CH][Al])cc(C(F)(F)F)c2)cn1. The predicted octanol–water partition coefficient (Wildman–Crippen LogP) is 3.03. The third-order valence-corrected chi connectivity index (χ3v) is 2.61. The molecular weight excluding hydrogens is 270 g/mol. The van der Waals surface area contributed by atoms with Crippen molar-refractivity contribution in [3.05, 3.63) is 42.0 Å². The van der Waals surface area contributed by atoms with Gasteiger partial charge in [0.15, 0.2) is 16.3 Å². The molecule has 1 heterocycles. The Morgan fingerprint density at radius 1 is 1.32 bits per heavy atom. The first-order valence-corrected chi connectivity index (χ1v) is 6.04. The molecule has 0 aliphatic carbocycles. The van der Waals surface area contributed by atoms with Gasteiger partial charge in [0.05, 0.1) is 23.3 Å². The second-order valence-corrected chi connectivity index (χ2v) is 4.23. The van der Waals surface area contributed by atoms with Crippen molar-refractivity contribution in [2.24, 2.45) is 4.99 Å². The van der Waals surface area contributed by atoms with Gasteiger partial charge in [0.25, 0.3) is 0 Å². The highest BCUT2D eigenvalue weighted by Gasteiger charge is 2.31. The van der Waals surface area contributed by atoms with Gasteiger partial charge in [-0.1, -0.05) is 5.08 Å². The highest BCUT2D eigenvalue weighted by molar-refractivity contribution is 6.50. The van der Waals surface area contributed by atoms with Crippen LogP contribution in [0, 0.1) is 6.92 Å². The fourth-order valence-electron chi connectivity index (χ4n) is 1.63. The predicted molar refractivity (Wildman–Crippen MR) is 67.2 cm³/mol. The van der Waals surface area contributed by atoms with Crippen LogP contribution in [0.1, 0.15) is 11.3 Å². The number of rotatable bonds is 2. The van der Waals surface area contributed by atoms with Gasteiger partial charge in [-0.05, 0) is 25.1 Å². The van der Waals surface area contributed by atoms with E-state index in [-0.39, 0.29) is 5.69 Å². The average molecular weight is 279 g/mol. The highest BCUT2D eigenvalue weighted by Crippen LogP contribution is 2.33. The first-order chi connectivity index (χ1) is 8.90. The van der Waals surface area contributed by atoms with E-state index in [2.05, 4.69) is 26.3 Å². The van der Waals surface area contributed by atoms with E-state index in [1.165, 1.54) is 16.0 Å². The lowest BCUT2D eigenvalue weighted by molar-refractivity contribution is -0.137. The van der Waals surface area contributed by atoms with Crippen LogP contribution in [0.15, 0.2) is 35.7 Å². The van der Waals surface area contributed by atoms with E-state index < -0.39 is 11.7 Å². The average Bonchev–Trinajstić information content (AvgIpc) is 2.75. The fourth-order valence-corrected chi connectivity index (χ4v) is 1.80. The maximum absolute atomic E-state index is 12.8. The number of aromatic nitrogens is 2. The van der Waals surface area contributed by atoms with E-state index in [9.17, 15) is 13.2 Å². The van der Waals surface area contributed by atoms with Crippen molar-refractivity contribution < 1.29 is 13.2 Å². The smallest absolute Gasteiger partial charge is 0.306 e. The molecule has 2 aromatic rings. The van der Waals surface area contributed by atoms with E-state index in [1.807, 2.05) is 0 Å². The van der Waals surface area contributed by atoms with Crippen molar-refractivity contribution in [1.82, 2.24) is 9.55 Å². The molecule has 7 heteroatoms. The van der Waals surface area contributed by atoms with Crippen LogP contribution >= 0.6 is 0 Å². The molecule has 0 atom stereocenters. The molecule has 0 fully saturated rings. The number of hydrogen-bond acceptors (Lipinski definition) is 2. The standard InChI is InChI=1S/C12H9F3N3.Al/c1-8-6-18(7-17-8)11-4-9(12(13,14)15)3-10(5-11)16-2;/h2-7H,1H3;. The monoisotopic (exact) mass is 279 g/mol. The van der Waals surface area contributed by atoms with Gasteiger partial charge in [-0.2, -0.15) is 13.2 Å². The molecule has 1 aromatic heterocycles. The topological polar surface area (TPSA) is 30.2 Å². The third-order valence-electron chi connectivity index (χ3n) is 2.46. The van der Waals surface area contributed by atoms with Crippen LogP contribution in [0.2, 0.25) is 0 Å². The lowest BCUT2D eigenvalue weighted by atomic mass is 10.1. The Kier molecular flexibility index (Phi) is 3.79.